The third-order valence-electron chi connectivity index (χ3n) is 2.44. The molecule has 0 fully saturated rings. The maximum Gasteiger partial charge on any atom is 0.189 e. The number of anilines is 1. The van der Waals surface area contributed by atoms with E-state index in [0.29, 0.717) is 5.15 Å². The van der Waals surface area contributed by atoms with E-state index in [-0.39, 0.29) is 0 Å². The van der Waals surface area contributed by atoms with Gasteiger partial charge in [0.05, 0.1) is 0 Å². The summed E-state index contributed by atoms with van der Waals surface area (Å²) in [7, 11) is 1.86. The Morgan fingerprint density at radius 1 is 0.952 bits per heavy atom. The lowest BCUT2D eigenvalue weighted by atomic mass is 10.3. The third-order valence-corrected chi connectivity index (χ3v) is 3.95. The van der Waals surface area contributed by atoms with Crippen LogP contribution in [0.15, 0.2) is 22.7 Å². The number of aromatic nitrogens is 4. The molecule has 21 heavy (non-hydrogen) atoms. The van der Waals surface area contributed by atoms with Gasteiger partial charge in [-0.25, -0.2) is 19.9 Å². The first-order valence-electron chi connectivity index (χ1n) is 6.10. The standard InChI is InChI=1S/C7H11N3S.C6H7ClN2S/c1-5-4-9-7(11-3)10-6(5)8-2;1-4-3-8-6(10-2)9-5(4)7/h4H,1-3H3,(H,8,9,10);3H,1-2H3. The second-order valence-electron chi connectivity index (χ2n) is 3.97. The summed E-state index contributed by atoms with van der Waals surface area (Å²) in [5.41, 5.74) is 1.99. The Kier molecular flexibility index (Phi) is 7.77. The number of nitrogens with one attached hydrogen (secondary N) is 1. The predicted octanol–water partition coefficient (Wildman–Crippen LogP) is 3.71. The van der Waals surface area contributed by atoms with Gasteiger partial charge in [-0.3, -0.25) is 0 Å². The molecule has 0 atom stereocenters. The fourth-order valence-electron chi connectivity index (χ4n) is 1.28. The molecule has 2 aromatic rings. The molecule has 0 unspecified atom stereocenters. The number of hydrogen-bond acceptors (Lipinski definition) is 7. The van der Waals surface area contributed by atoms with Crippen molar-refractivity contribution in [3.8, 4) is 0 Å². The van der Waals surface area contributed by atoms with E-state index >= 15 is 0 Å². The minimum atomic E-state index is 0.541. The fraction of sp³-hybridized carbons (Fsp3) is 0.385. The Morgan fingerprint density at radius 2 is 1.48 bits per heavy atom. The zero-order valence-corrected chi connectivity index (χ0v) is 15.0. The Labute approximate surface area is 138 Å². The highest BCUT2D eigenvalue weighted by Gasteiger charge is 1.99. The van der Waals surface area contributed by atoms with Crippen molar-refractivity contribution in [3.63, 3.8) is 0 Å². The molecule has 0 aromatic carbocycles. The summed E-state index contributed by atoms with van der Waals surface area (Å²) in [6, 6.07) is 0. The van der Waals surface area contributed by atoms with Crippen molar-refractivity contribution in [2.45, 2.75) is 24.2 Å². The van der Waals surface area contributed by atoms with Gasteiger partial charge in [-0.2, -0.15) is 0 Å². The largest absolute Gasteiger partial charge is 0.373 e. The van der Waals surface area contributed by atoms with E-state index < -0.39 is 0 Å². The normalized spacial score (nSPS) is 9.81. The lowest BCUT2D eigenvalue weighted by molar-refractivity contribution is 0.954. The van der Waals surface area contributed by atoms with Crippen LogP contribution in [0.4, 0.5) is 5.82 Å². The molecule has 8 heteroatoms. The van der Waals surface area contributed by atoms with Crippen LogP contribution in [0.25, 0.3) is 0 Å². The summed E-state index contributed by atoms with van der Waals surface area (Å²) in [5.74, 6) is 0.907. The van der Waals surface area contributed by atoms with Crippen molar-refractivity contribution in [1.29, 1.82) is 0 Å². The van der Waals surface area contributed by atoms with Crippen LogP contribution < -0.4 is 5.32 Å². The molecule has 0 saturated heterocycles. The van der Waals surface area contributed by atoms with Gasteiger partial charge in [0.1, 0.15) is 11.0 Å². The highest BCUT2D eigenvalue weighted by molar-refractivity contribution is 7.98. The van der Waals surface area contributed by atoms with Crippen LogP contribution in [0.3, 0.4) is 0 Å². The van der Waals surface area contributed by atoms with Gasteiger partial charge in [0.25, 0.3) is 0 Å². The van der Waals surface area contributed by atoms with Crippen LogP contribution in [0, 0.1) is 13.8 Å². The minimum absolute atomic E-state index is 0.541. The summed E-state index contributed by atoms with van der Waals surface area (Å²) >= 11 is 8.76. The minimum Gasteiger partial charge on any atom is -0.373 e. The molecule has 0 spiro atoms. The lowest BCUT2D eigenvalue weighted by Gasteiger charge is -2.03. The van der Waals surface area contributed by atoms with Crippen molar-refractivity contribution >= 4 is 40.9 Å². The van der Waals surface area contributed by atoms with Crippen molar-refractivity contribution < 1.29 is 0 Å². The molecule has 0 bridgehead atoms. The van der Waals surface area contributed by atoms with Gasteiger partial charge in [-0.1, -0.05) is 35.1 Å². The van der Waals surface area contributed by atoms with Crippen molar-refractivity contribution in [1.82, 2.24) is 19.9 Å². The maximum absolute atomic E-state index is 5.73. The van der Waals surface area contributed by atoms with Gasteiger partial charge in [0, 0.05) is 30.6 Å². The second-order valence-corrected chi connectivity index (χ2v) is 5.87. The van der Waals surface area contributed by atoms with E-state index in [1.165, 1.54) is 11.8 Å². The van der Waals surface area contributed by atoms with Gasteiger partial charge in [-0.05, 0) is 26.4 Å². The number of halogens is 1. The highest BCUT2D eigenvalue weighted by atomic mass is 35.5. The Hall–Kier alpha value is -1.05. The molecular formula is C13H18ClN5S2. The van der Waals surface area contributed by atoms with Gasteiger partial charge in [-0.15, -0.1) is 0 Å². The molecule has 0 amide bonds. The van der Waals surface area contributed by atoms with Gasteiger partial charge < -0.3 is 5.32 Å². The SMILES string of the molecule is CNc1nc(SC)ncc1C.CSc1ncc(C)c(Cl)n1. The van der Waals surface area contributed by atoms with Crippen LogP contribution in [-0.2, 0) is 0 Å². The van der Waals surface area contributed by atoms with E-state index in [1.807, 2.05) is 39.6 Å². The molecule has 1 N–H and O–H groups in total. The topological polar surface area (TPSA) is 63.6 Å². The zero-order chi connectivity index (χ0) is 15.8. The highest BCUT2D eigenvalue weighted by Crippen LogP contribution is 2.15. The fourth-order valence-corrected chi connectivity index (χ4v) is 2.14. The maximum atomic E-state index is 5.73. The average Bonchev–Trinajstić information content (AvgIpc) is 2.51. The summed E-state index contributed by atoms with van der Waals surface area (Å²) in [4.78, 5) is 16.4. The molecule has 0 aliphatic carbocycles. The lowest BCUT2D eigenvalue weighted by Crippen LogP contribution is -1.97. The summed E-state index contributed by atoms with van der Waals surface area (Å²) in [6.45, 7) is 3.86. The average molecular weight is 344 g/mol. The summed E-state index contributed by atoms with van der Waals surface area (Å²) < 4.78 is 0. The number of hydrogen-bond donors (Lipinski definition) is 1. The number of rotatable bonds is 3. The summed E-state index contributed by atoms with van der Waals surface area (Å²) in [5, 5.41) is 5.07. The van der Waals surface area contributed by atoms with Gasteiger partial charge in [0.15, 0.2) is 10.3 Å². The zero-order valence-electron chi connectivity index (χ0n) is 12.6. The van der Waals surface area contributed by atoms with Crippen LogP contribution in [0.1, 0.15) is 11.1 Å². The first-order valence-corrected chi connectivity index (χ1v) is 8.93. The third kappa shape index (κ3) is 5.68. The summed E-state index contributed by atoms with van der Waals surface area (Å²) in [6.07, 6.45) is 7.43. The molecule has 5 nitrogen and oxygen atoms in total. The monoisotopic (exact) mass is 343 g/mol. The molecule has 114 valence electrons. The second kappa shape index (κ2) is 9.07. The van der Waals surface area contributed by atoms with Crippen molar-refractivity contribution in [2.24, 2.45) is 0 Å². The Bertz CT molecular complexity index is 595. The Balaban J connectivity index is 0.000000211. The van der Waals surface area contributed by atoms with Crippen LogP contribution in [0.5, 0.6) is 0 Å². The number of aryl methyl sites for hydroxylation is 2. The van der Waals surface area contributed by atoms with E-state index in [2.05, 4.69) is 25.3 Å². The van der Waals surface area contributed by atoms with Crippen LogP contribution in [0.2, 0.25) is 5.15 Å². The molecule has 0 aliphatic heterocycles. The molecule has 0 saturated carbocycles. The van der Waals surface area contributed by atoms with Gasteiger partial charge >= 0.3 is 0 Å². The van der Waals surface area contributed by atoms with E-state index in [0.717, 1.165) is 27.3 Å². The Morgan fingerprint density at radius 3 is 1.95 bits per heavy atom. The smallest absolute Gasteiger partial charge is 0.189 e. The van der Waals surface area contributed by atoms with Crippen molar-refractivity contribution in [3.05, 3.63) is 28.7 Å². The quantitative estimate of drug-likeness (QED) is 0.517. The molecule has 0 radical (unpaired) electrons. The van der Waals surface area contributed by atoms with E-state index in [4.69, 9.17) is 11.6 Å². The molecule has 2 aromatic heterocycles. The first-order chi connectivity index (χ1) is 10.0. The van der Waals surface area contributed by atoms with E-state index in [9.17, 15) is 0 Å². The van der Waals surface area contributed by atoms with Crippen LogP contribution >= 0.6 is 35.1 Å². The molecular weight excluding hydrogens is 326 g/mol. The first kappa shape index (κ1) is 18.0. The number of thioether (sulfide) groups is 2. The van der Waals surface area contributed by atoms with Crippen LogP contribution in [-0.4, -0.2) is 39.5 Å². The molecule has 2 rings (SSSR count). The predicted molar refractivity (Wildman–Crippen MR) is 91.7 cm³/mol. The molecule has 0 aliphatic rings. The number of nitrogens with zero attached hydrogens (tertiary/aromatic N) is 4. The van der Waals surface area contributed by atoms with Crippen molar-refractivity contribution in [2.75, 3.05) is 24.9 Å². The van der Waals surface area contributed by atoms with E-state index in [1.54, 1.807) is 18.0 Å². The molecule has 2 heterocycles. The van der Waals surface area contributed by atoms with Gasteiger partial charge in [0.2, 0.25) is 0 Å².